The quantitative estimate of drug-likeness (QED) is 0.714. The van der Waals surface area contributed by atoms with Gasteiger partial charge in [-0.3, -0.25) is 9.00 Å². The van der Waals surface area contributed by atoms with Gasteiger partial charge in [0, 0.05) is 10.8 Å². The third-order valence-electron chi connectivity index (χ3n) is 3.70. The smallest absolute Gasteiger partial charge is 0.239 e. The van der Waals surface area contributed by atoms with Gasteiger partial charge in [-0.25, -0.2) is 4.39 Å². The number of anilines is 1. The van der Waals surface area contributed by atoms with Crippen LogP contribution in [-0.2, 0) is 21.3 Å². The van der Waals surface area contributed by atoms with E-state index in [1.807, 2.05) is 30.3 Å². The maximum absolute atomic E-state index is 13.6. The molecule has 1 amide bonds. The Hall–Kier alpha value is -2.94. The predicted octanol–water partition coefficient (Wildman–Crippen LogP) is 2.08. The Bertz CT molecular complexity index is 932. The van der Waals surface area contributed by atoms with Crippen LogP contribution in [0.1, 0.15) is 12.7 Å². The minimum Gasteiger partial charge on any atom is -0.323 e. The molecule has 3 aromatic rings. The Morgan fingerprint density at radius 1 is 1.19 bits per heavy atom. The van der Waals surface area contributed by atoms with E-state index < -0.39 is 27.8 Å². The van der Waals surface area contributed by atoms with Crippen LogP contribution in [0.15, 0.2) is 54.6 Å². The Morgan fingerprint density at radius 3 is 2.62 bits per heavy atom. The summed E-state index contributed by atoms with van der Waals surface area (Å²) in [6.45, 7) is 1.52. The monoisotopic (exact) mass is 373 g/mol. The summed E-state index contributed by atoms with van der Waals surface area (Å²) in [5.74, 6) is -0.715. The highest BCUT2D eigenvalue weighted by molar-refractivity contribution is 7.85. The summed E-state index contributed by atoms with van der Waals surface area (Å²) in [4.78, 5) is 12.3. The topological polar surface area (TPSA) is 89.8 Å². The van der Waals surface area contributed by atoms with Crippen LogP contribution in [0, 0.1) is 5.82 Å². The number of tetrazole rings is 1. The highest BCUT2D eigenvalue weighted by atomic mass is 32.2. The van der Waals surface area contributed by atoms with Crippen molar-refractivity contribution in [2.45, 2.75) is 17.9 Å². The van der Waals surface area contributed by atoms with Crippen LogP contribution in [0.5, 0.6) is 0 Å². The van der Waals surface area contributed by atoms with Gasteiger partial charge in [0.25, 0.3) is 0 Å². The molecule has 0 saturated carbocycles. The molecule has 1 aromatic heterocycles. The molecule has 2 atom stereocenters. The third kappa shape index (κ3) is 3.99. The van der Waals surface area contributed by atoms with E-state index in [1.165, 1.54) is 29.8 Å². The van der Waals surface area contributed by atoms with E-state index in [9.17, 15) is 13.4 Å². The number of halogens is 1. The molecule has 0 bridgehead atoms. The fourth-order valence-corrected chi connectivity index (χ4v) is 3.22. The van der Waals surface area contributed by atoms with Gasteiger partial charge in [0.15, 0.2) is 5.82 Å². The summed E-state index contributed by atoms with van der Waals surface area (Å²) < 4.78 is 27.7. The zero-order valence-corrected chi connectivity index (χ0v) is 14.7. The van der Waals surface area contributed by atoms with Gasteiger partial charge in [0.2, 0.25) is 5.91 Å². The Kier molecular flexibility index (Phi) is 5.47. The molecule has 0 aliphatic carbocycles. The number of carbonyl (C=O) groups is 1. The summed E-state index contributed by atoms with van der Waals surface area (Å²) in [5.41, 5.74) is 0.781. The van der Waals surface area contributed by atoms with Crippen molar-refractivity contribution in [2.75, 3.05) is 5.32 Å². The lowest BCUT2D eigenvalue weighted by Crippen LogP contribution is -2.30. The van der Waals surface area contributed by atoms with Gasteiger partial charge < -0.3 is 5.32 Å². The molecule has 0 aliphatic rings. The zero-order chi connectivity index (χ0) is 18.5. The van der Waals surface area contributed by atoms with Crippen LogP contribution in [0.4, 0.5) is 10.1 Å². The summed E-state index contributed by atoms with van der Waals surface area (Å²) in [6, 6.07) is 15.0. The number of para-hydroxylation sites is 2. The van der Waals surface area contributed by atoms with Gasteiger partial charge in [-0.15, -0.1) is 5.10 Å². The van der Waals surface area contributed by atoms with Crippen LogP contribution in [0.3, 0.4) is 0 Å². The van der Waals surface area contributed by atoms with E-state index >= 15 is 0 Å². The molecule has 0 fully saturated rings. The van der Waals surface area contributed by atoms with E-state index in [-0.39, 0.29) is 11.4 Å². The van der Waals surface area contributed by atoms with E-state index in [0.29, 0.717) is 5.82 Å². The van der Waals surface area contributed by atoms with E-state index in [4.69, 9.17) is 0 Å². The van der Waals surface area contributed by atoms with Crippen molar-refractivity contribution in [3.05, 3.63) is 66.2 Å². The third-order valence-corrected chi connectivity index (χ3v) is 5.25. The van der Waals surface area contributed by atoms with Crippen molar-refractivity contribution >= 4 is 22.4 Å². The minimum absolute atomic E-state index is 0.00620. The first-order chi connectivity index (χ1) is 12.6. The fraction of sp³-hybridized carbons (Fsp3) is 0.176. The first kappa shape index (κ1) is 17.9. The summed E-state index contributed by atoms with van der Waals surface area (Å²) in [5, 5.41) is 13.0. The first-order valence-corrected chi connectivity index (χ1v) is 9.19. The van der Waals surface area contributed by atoms with Crippen LogP contribution in [0.25, 0.3) is 5.69 Å². The van der Waals surface area contributed by atoms with Gasteiger partial charge in [-0.05, 0) is 41.6 Å². The zero-order valence-electron chi connectivity index (χ0n) is 13.9. The number of rotatable bonds is 6. The Morgan fingerprint density at radius 2 is 1.88 bits per heavy atom. The predicted molar refractivity (Wildman–Crippen MR) is 95.5 cm³/mol. The van der Waals surface area contributed by atoms with Crippen molar-refractivity contribution in [3.63, 3.8) is 0 Å². The summed E-state index contributed by atoms with van der Waals surface area (Å²) >= 11 is 0. The Labute approximate surface area is 151 Å². The Balaban J connectivity index is 1.70. The van der Waals surface area contributed by atoms with E-state index in [2.05, 4.69) is 20.8 Å². The average Bonchev–Trinajstić information content (AvgIpc) is 3.11. The van der Waals surface area contributed by atoms with Crippen LogP contribution < -0.4 is 5.32 Å². The highest BCUT2D eigenvalue weighted by Crippen LogP contribution is 2.15. The van der Waals surface area contributed by atoms with Crippen molar-refractivity contribution in [3.8, 4) is 5.69 Å². The maximum Gasteiger partial charge on any atom is 0.239 e. The maximum atomic E-state index is 13.6. The second kappa shape index (κ2) is 7.96. The molecule has 134 valence electrons. The largest absolute Gasteiger partial charge is 0.323 e. The number of hydrogen-bond acceptors (Lipinski definition) is 5. The van der Waals surface area contributed by atoms with Crippen LogP contribution in [-0.4, -0.2) is 35.6 Å². The SMILES string of the molecule is C[C@H](C(=O)Nc1ccccc1F)[S@](=O)Cc1nnnn1-c1ccccc1. The lowest BCUT2D eigenvalue weighted by molar-refractivity contribution is -0.115. The van der Waals surface area contributed by atoms with Crippen molar-refractivity contribution in [1.29, 1.82) is 0 Å². The van der Waals surface area contributed by atoms with Gasteiger partial charge in [0.1, 0.15) is 11.1 Å². The molecule has 1 heterocycles. The first-order valence-electron chi connectivity index (χ1n) is 7.81. The molecule has 0 saturated heterocycles. The number of aromatic nitrogens is 4. The lowest BCUT2D eigenvalue weighted by atomic mass is 10.3. The van der Waals surface area contributed by atoms with Crippen molar-refractivity contribution in [2.24, 2.45) is 0 Å². The summed E-state index contributed by atoms with van der Waals surface area (Å²) in [7, 11) is -1.59. The number of amides is 1. The standard InChI is InChI=1S/C17H16FN5O2S/c1-12(17(24)19-15-10-6-5-9-14(15)18)26(25)11-16-20-21-22-23(16)13-7-3-2-4-8-13/h2-10,12H,11H2,1H3,(H,19,24)/t12-,26-/m1/s1. The average molecular weight is 373 g/mol. The van der Waals surface area contributed by atoms with Crippen molar-refractivity contribution < 1.29 is 13.4 Å². The molecular weight excluding hydrogens is 357 g/mol. The van der Waals surface area contributed by atoms with Gasteiger partial charge in [0.05, 0.1) is 17.1 Å². The molecule has 1 N–H and O–H groups in total. The van der Waals surface area contributed by atoms with Gasteiger partial charge >= 0.3 is 0 Å². The number of benzene rings is 2. The molecule has 9 heteroatoms. The number of nitrogens with zero attached hydrogens (tertiary/aromatic N) is 4. The molecule has 0 aliphatic heterocycles. The molecule has 26 heavy (non-hydrogen) atoms. The van der Waals surface area contributed by atoms with E-state index in [0.717, 1.165) is 5.69 Å². The van der Waals surface area contributed by atoms with Crippen molar-refractivity contribution in [1.82, 2.24) is 20.2 Å². The van der Waals surface area contributed by atoms with E-state index in [1.54, 1.807) is 6.07 Å². The molecule has 3 rings (SSSR count). The molecule has 0 spiro atoms. The summed E-state index contributed by atoms with van der Waals surface area (Å²) in [6.07, 6.45) is 0. The molecule has 2 aromatic carbocycles. The molecule has 0 radical (unpaired) electrons. The molecule has 0 unspecified atom stereocenters. The minimum atomic E-state index is -1.59. The van der Waals surface area contributed by atoms with Crippen LogP contribution in [0.2, 0.25) is 0 Å². The number of hydrogen-bond donors (Lipinski definition) is 1. The molecule has 7 nitrogen and oxygen atoms in total. The number of carbonyl (C=O) groups excluding carboxylic acids is 1. The number of nitrogens with one attached hydrogen (secondary N) is 1. The highest BCUT2D eigenvalue weighted by Gasteiger charge is 2.23. The lowest BCUT2D eigenvalue weighted by Gasteiger charge is -2.12. The second-order valence-corrected chi connectivity index (χ2v) is 7.24. The second-order valence-electron chi connectivity index (χ2n) is 5.48. The fourth-order valence-electron chi connectivity index (χ4n) is 2.23. The van der Waals surface area contributed by atoms with Crippen LogP contribution >= 0.6 is 0 Å². The normalized spacial score (nSPS) is 13.2. The molecular formula is C17H16FN5O2S. The van der Waals surface area contributed by atoms with Gasteiger partial charge in [-0.1, -0.05) is 30.3 Å². The van der Waals surface area contributed by atoms with Gasteiger partial charge in [-0.2, -0.15) is 4.68 Å².